The first-order valence-corrected chi connectivity index (χ1v) is 4.45. The Morgan fingerprint density at radius 3 is 2.78 bits per heavy atom. The van der Waals surface area contributed by atoms with Gasteiger partial charge in [-0.25, -0.2) is 4.79 Å². The highest BCUT2D eigenvalue weighted by atomic mass is 33.1. The zero-order valence-electron chi connectivity index (χ0n) is 4.40. The molecule has 1 aliphatic heterocycles. The number of carbonyl (C=O) groups is 1. The molecule has 0 unspecified atom stereocenters. The summed E-state index contributed by atoms with van der Waals surface area (Å²) in [6.07, 6.45) is 3.31. The average molecular weight is 160 g/mol. The molecule has 0 spiro atoms. The molecule has 0 aromatic heterocycles. The minimum Gasteiger partial charge on any atom is -0.477 e. The van der Waals surface area contributed by atoms with Gasteiger partial charge in [0.15, 0.2) is 0 Å². The molecule has 0 bridgehead atoms. The molecular weight excluding hydrogens is 156 g/mol. The smallest absolute Gasteiger partial charge is 0.343 e. The molecule has 0 radical (unpaired) electrons. The van der Waals surface area contributed by atoms with Crippen LogP contribution < -0.4 is 0 Å². The Morgan fingerprint density at radius 2 is 2.44 bits per heavy atom. The first-order valence-electron chi connectivity index (χ1n) is 2.24. The summed E-state index contributed by atoms with van der Waals surface area (Å²) >= 11 is 0. The highest BCUT2D eigenvalue weighted by Crippen LogP contribution is 2.34. The van der Waals surface area contributed by atoms with Crippen LogP contribution in [0.15, 0.2) is 22.5 Å². The van der Waals surface area contributed by atoms with Gasteiger partial charge in [-0.3, -0.25) is 0 Å². The summed E-state index contributed by atoms with van der Waals surface area (Å²) in [5.41, 5.74) is 0. The van der Waals surface area contributed by atoms with Crippen LogP contribution >= 0.6 is 21.6 Å². The Labute approximate surface area is 60.4 Å². The molecule has 48 valence electrons. The van der Waals surface area contributed by atoms with Gasteiger partial charge in [0.1, 0.15) is 4.91 Å². The maximum absolute atomic E-state index is 10.2. The molecule has 1 heterocycles. The van der Waals surface area contributed by atoms with Crippen LogP contribution in [-0.2, 0) is 4.79 Å². The molecule has 0 saturated carbocycles. The van der Waals surface area contributed by atoms with Crippen molar-refractivity contribution in [3.8, 4) is 0 Å². The number of allylic oxidation sites excluding steroid dienone is 2. The fourth-order valence-electron chi connectivity index (χ4n) is 0.373. The summed E-state index contributed by atoms with van der Waals surface area (Å²) in [6.45, 7) is 0. The molecule has 0 aliphatic carbocycles. The summed E-state index contributed by atoms with van der Waals surface area (Å²) in [5, 5.41) is 10.2. The highest BCUT2D eigenvalue weighted by Gasteiger charge is 2.07. The average Bonchev–Trinajstić information content (AvgIpc) is 1.90. The minimum atomic E-state index is -0.850. The Bertz CT molecular complexity index is 183. The van der Waals surface area contributed by atoms with Crippen molar-refractivity contribution in [1.82, 2.24) is 0 Å². The summed E-state index contributed by atoms with van der Waals surface area (Å²) < 4.78 is 0. The van der Waals surface area contributed by atoms with E-state index in [2.05, 4.69) is 0 Å². The second kappa shape index (κ2) is 2.98. The summed E-state index contributed by atoms with van der Waals surface area (Å²) in [4.78, 5) is 10.6. The second-order valence-electron chi connectivity index (χ2n) is 1.34. The number of carboxylic acids is 1. The zero-order chi connectivity index (χ0) is 6.69. The lowest BCUT2D eigenvalue weighted by Crippen LogP contribution is -1.95. The van der Waals surface area contributed by atoms with Gasteiger partial charge in [0.25, 0.3) is 0 Å². The Morgan fingerprint density at radius 1 is 1.67 bits per heavy atom. The Kier molecular flexibility index (Phi) is 2.24. The van der Waals surface area contributed by atoms with Crippen molar-refractivity contribution in [3.63, 3.8) is 0 Å². The van der Waals surface area contributed by atoms with E-state index in [1.54, 1.807) is 12.2 Å². The number of hydrogen-bond acceptors (Lipinski definition) is 3. The Hall–Kier alpha value is -0.350. The van der Waals surface area contributed by atoms with E-state index in [9.17, 15) is 4.79 Å². The van der Waals surface area contributed by atoms with Crippen molar-refractivity contribution in [2.24, 2.45) is 0 Å². The van der Waals surface area contributed by atoms with Gasteiger partial charge in [0.05, 0.1) is 0 Å². The monoisotopic (exact) mass is 160 g/mol. The molecular formula is C5H4O2S2. The number of carboxylic acid groups (broad SMARTS) is 1. The van der Waals surface area contributed by atoms with Gasteiger partial charge in [-0.1, -0.05) is 16.9 Å². The predicted octanol–water partition coefficient (Wildman–Crippen LogP) is 1.86. The van der Waals surface area contributed by atoms with E-state index in [4.69, 9.17) is 5.11 Å². The lowest BCUT2D eigenvalue weighted by Gasteiger charge is -1.99. The first kappa shape index (κ1) is 6.77. The molecule has 0 aromatic carbocycles. The van der Waals surface area contributed by atoms with Crippen LogP contribution in [-0.4, -0.2) is 11.1 Å². The SMILES string of the molecule is O=C(O)C1=CC=CSS1. The lowest BCUT2D eigenvalue weighted by molar-refractivity contribution is -0.131. The van der Waals surface area contributed by atoms with Crippen LogP contribution in [0.2, 0.25) is 0 Å². The van der Waals surface area contributed by atoms with E-state index < -0.39 is 5.97 Å². The molecule has 4 heteroatoms. The normalized spacial score (nSPS) is 17.1. The first-order chi connectivity index (χ1) is 4.30. The van der Waals surface area contributed by atoms with E-state index >= 15 is 0 Å². The second-order valence-corrected chi connectivity index (χ2v) is 3.49. The lowest BCUT2D eigenvalue weighted by atomic mass is 10.5. The third kappa shape index (κ3) is 1.80. The molecule has 0 aromatic rings. The zero-order valence-corrected chi connectivity index (χ0v) is 6.04. The van der Waals surface area contributed by atoms with Crippen LogP contribution in [0.1, 0.15) is 0 Å². The molecule has 1 rings (SSSR count). The summed E-state index contributed by atoms with van der Waals surface area (Å²) in [5.74, 6) is -0.850. The van der Waals surface area contributed by atoms with E-state index in [0.717, 1.165) is 0 Å². The van der Waals surface area contributed by atoms with Gasteiger partial charge in [0.2, 0.25) is 0 Å². The molecule has 1 N–H and O–H groups in total. The van der Waals surface area contributed by atoms with Crippen LogP contribution in [0, 0.1) is 0 Å². The van der Waals surface area contributed by atoms with Crippen LogP contribution in [0.5, 0.6) is 0 Å². The quantitative estimate of drug-likeness (QED) is 0.594. The predicted molar refractivity (Wildman–Crippen MR) is 40.0 cm³/mol. The topological polar surface area (TPSA) is 37.3 Å². The van der Waals surface area contributed by atoms with Crippen molar-refractivity contribution in [2.45, 2.75) is 0 Å². The van der Waals surface area contributed by atoms with Gasteiger partial charge in [-0.2, -0.15) is 0 Å². The van der Waals surface area contributed by atoms with E-state index in [1.165, 1.54) is 21.6 Å². The fourth-order valence-corrected chi connectivity index (χ4v) is 1.93. The van der Waals surface area contributed by atoms with Crippen LogP contribution in [0.25, 0.3) is 0 Å². The largest absolute Gasteiger partial charge is 0.477 e. The van der Waals surface area contributed by atoms with Crippen molar-refractivity contribution in [1.29, 1.82) is 0 Å². The van der Waals surface area contributed by atoms with Gasteiger partial charge in [0, 0.05) is 0 Å². The summed E-state index contributed by atoms with van der Waals surface area (Å²) in [6, 6.07) is 0. The number of rotatable bonds is 1. The molecule has 1 aliphatic rings. The standard InChI is InChI=1S/C5H4O2S2/c6-5(7)4-2-1-3-8-9-4/h1-3H,(H,6,7). The van der Waals surface area contributed by atoms with E-state index in [-0.39, 0.29) is 0 Å². The van der Waals surface area contributed by atoms with Crippen LogP contribution in [0.3, 0.4) is 0 Å². The highest BCUT2D eigenvalue weighted by molar-refractivity contribution is 8.79. The maximum atomic E-state index is 10.2. The molecule has 0 saturated heterocycles. The van der Waals surface area contributed by atoms with E-state index in [1.807, 2.05) is 5.41 Å². The van der Waals surface area contributed by atoms with Gasteiger partial charge in [-0.15, -0.1) is 0 Å². The third-order valence-corrected chi connectivity index (χ3v) is 2.75. The van der Waals surface area contributed by atoms with Crippen molar-refractivity contribution >= 4 is 27.6 Å². The Balaban J connectivity index is 2.68. The van der Waals surface area contributed by atoms with Crippen LogP contribution in [0.4, 0.5) is 0 Å². The third-order valence-electron chi connectivity index (χ3n) is 0.730. The molecule has 2 nitrogen and oxygen atoms in total. The van der Waals surface area contributed by atoms with Crippen molar-refractivity contribution < 1.29 is 9.90 Å². The minimum absolute atomic E-state index is 0.391. The molecule has 0 amide bonds. The van der Waals surface area contributed by atoms with E-state index in [0.29, 0.717) is 4.91 Å². The van der Waals surface area contributed by atoms with Gasteiger partial charge >= 0.3 is 5.97 Å². The van der Waals surface area contributed by atoms with Crippen molar-refractivity contribution in [2.75, 3.05) is 0 Å². The molecule has 0 fully saturated rings. The van der Waals surface area contributed by atoms with Gasteiger partial charge < -0.3 is 5.11 Å². The van der Waals surface area contributed by atoms with Gasteiger partial charge in [-0.05, 0) is 22.3 Å². The molecule has 9 heavy (non-hydrogen) atoms. The number of hydrogen-bond donors (Lipinski definition) is 1. The number of aliphatic carboxylic acids is 1. The molecule has 0 atom stereocenters. The summed E-state index contributed by atoms with van der Waals surface area (Å²) in [7, 11) is 2.68. The maximum Gasteiger partial charge on any atom is 0.343 e. The fraction of sp³-hybridized carbons (Fsp3) is 0. The van der Waals surface area contributed by atoms with Crippen molar-refractivity contribution in [3.05, 3.63) is 22.5 Å².